The van der Waals surface area contributed by atoms with E-state index in [1.807, 2.05) is 13.8 Å². The number of carboxylic acids is 4. The molecule has 1 rings (SSSR count). The van der Waals surface area contributed by atoms with Gasteiger partial charge >= 0.3 is 23.9 Å². The zero-order valence-corrected chi connectivity index (χ0v) is 24.4. The van der Waals surface area contributed by atoms with Gasteiger partial charge in [0.25, 0.3) is 11.8 Å². The third-order valence-electron chi connectivity index (χ3n) is 6.15. The molecule has 16 nitrogen and oxygen atoms in total. The topological polar surface area (TPSA) is 225 Å². The lowest BCUT2D eigenvalue weighted by atomic mass is 9.79. The van der Waals surface area contributed by atoms with Crippen LogP contribution in [0.1, 0.15) is 34.1 Å². The van der Waals surface area contributed by atoms with Crippen LogP contribution in [0.4, 0.5) is 0 Å². The highest BCUT2D eigenvalue weighted by molar-refractivity contribution is 6.12. The molecule has 1 aliphatic rings. The Labute approximate surface area is 243 Å². The van der Waals surface area contributed by atoms with E-state index in [0.29, 0.717) is 6.42 Å². The molecule has 5 N–H and O–H groups in total. The molecular formula is C26H41N5O11. The Bertz CT molecular complexity index is 983. The number of carboxylic acid groups (broad SMARTS) is 4. The maximum Gasteiger partial charge on any atom is 0.317 e. The van der Waals surface area contributed by atoms with Crippen LogP contribution >= 0.6 is 0 Å². The predicted molar refractivity (Wildman–Crippen MR) is 146 cm³/mol. The molecule has 0 bridgehead atoms. The van der Waals surface area contributed by atoms with Crippen LogP contribution < -0.4 is 5.32 Å². The highest BCUT2D eigenvalue weighted by atomic mass is 16.4. The fourth-order valence-corrected chi connectivity index (χ4v) is 4.96. The van der Waals surface area contributed by atoms with Gasteiger partial charge in [0.2, 0.25) is 5.91 Å². The summed E-state index contributed by atoms with van der Waals surface area (Å²) in [5, 5.41) is 39.4. The van der Waals surface area contributed by atoms with Crippen molar-refractivity contribution in [3.05, 3.63) is 12.2 Å². The van der Waals surface area contributed by atoms with Crippen molar-refractivity contribution in [3.63, 3.8) is 0 Å². The molecule has 42 heavy (non-hydrogen) atoms. The number of carbonyl (C=O) groups is 7. The summed E-state index contributed by atoms with van der Waals surface area (Å²) in [6, 6.07) is 0. The van der Waals surface area contributed by atoms with Crippen LogP contribution in [-0.4, -0.2) is 153 Å². The molecule has 16 heteroatoms. The van der Waals surface area contributed by atoms with Gasteiger partial charge in [-0.3, -0.25) is 53.2 Å². The fraction of sp³-hybridized carbons (Fsp3) is 0.654. The number of imide groups is 1. The third-order valence-corrected chi connectivity index (χ3v) is 6.15. The molecule has 0 aromatic heterocycles. The van der Waals surface area contributed by atoms with Gasteiger partial charge in [-0.1, -0.05) is 13.8 Å². The number of hydrogen-bond donors (Lipinski definition) is 5. The van der Waals surface area contributed by atoms with Gasteiger partial charge in [0.15, 0.2) is 0 Å². The average Bonchev–Trinajstić information content (AvgIpc) is 3.09. The fourth-order valence-electron chi connectivity index (χ4n) is 4.96. The second-order valence-electron chi connectivity index (χ2n) is 11.6. The van der Waals surface area contributed by atoms with Gasteiger partial charge in [0, 0.05) is 50.4 Å². The van der Waals surface area contributed by atoms with Crippen LogP contribution in [0.3, 0.4) is 0 Å². The van der Waals surface area contributed by atoms with E-state index in [-0.39, 0.29) is 39.3 Å². The first-order valence-corrected chi connectivity index (χ1v) is 13.2. The lowest BCUT2D eigenvalue weighted by Crippen LogP contribution is -2.52. The minimum Gasteiger partial charge on any atom is -0.480 e. The molecule has 0 saturated carbocycles. The summed E-state index contributed by atoms with van der Waals surface area (Å²) in [5.74, 6) is -6.24. The summed E-state index contributed by atoms with van der Waals surface area (Å²) in [6.45, 7) is 4.86. The van der Waals surface area contributed by atoms with E-state index in [0.717, 1.165) is 14.7 Å². The molecule has 0 spiro atoms. The molecule has 1 heterocycles. The van der Waals surface area contributed by atoms with E-state index in [2.05, 4.69) is 5.32 Å². The second kappa shape index (κ2) is 15.9. The molecule has 0 aromatic carbocycles. The van der Waals surface area contributed by atoms with Gasteiger partial charge in [0.05, 0.1) is 32.7 Å². The lowest BCUT2D eigenvalue weighted by molar-refractivity contribution is -0.143. The van der Waals surface area contributed by atoms with Crippen LogP contribution in [0.15, 0.2) is 12.2 Å². The van der Waals surface area contributed by atoms with Crippen LogP contribution in [0.25, 0.3) is 0 Å². The maximum absolute atomic E-state index is 13.1. The van der Waals surface area contributed by atoms with Crippen LogP contribution in [0.2, 0.25) is 0 Å². The summed E-state index contributed by atoms with van der Waals surface area (Å²) < 4.78 is 0. The first kappa shape index (κ1) is 36.1. The van der Waals surface area contributed by atoms with E-state index >= 15 is 0 Å². The minimum absolute atomic E-state index is 0.0278. The zero-order valence-electron chi connectivity index (χ0n) is 24.4. The van der Waals surface area contributed by atoms with E-state index < -0.39 is 78.7 Å². The van der Waals surface area contributed by atoms with Crippen molar-refractivity contribution in [1.29, 1.82) is 0 Å². The number of hydrogen-bond acceptors (Lipinski definition) is 10. The highest BCUT2D eigenvalue weighted by Crippen LogP contribution is 2.30. The third kappa shape index (κ3) is 14.7. The molecule has 0 aromatic rings. The summed E-state index contributed by atoms with van der Waals surface area (Å²) in [6.07, 6.45) is 2.77. The Morgan fingerprint density at radius 2 is 1.02 bits per heavy atom. The normalized spacial score (nSPS) is 13.8. The maximum atomic E-state index is 13.1. The lowest BCUT2D eigenvalue weighted by Gasteiger charge is -2.38. The smallest absolute Gasteiger partial charge is 0.317 e. The average molecular weight is 600 g/mol. The van der Waals surface area contributed by atoms with Crippen molar-refractivity contribution >= 4 is 41.6 Å². The number of rotatable bonds is 21. The Morgan fingerprint density at radius 1 is 0.667 bits per heavy atom. The summed E-state index contributed by atoms with van der Waals surface area (Å²) in [4.78, 5) is 86.8. The Kier molecular flexibility index (Phi) is 13.7. The number of aliphatic carboxylic acids is 4. The van der Waals surface area contributed by atoms with Crippen molar-refractivity contribution in [1.82, 2.24) is 24.9 Å². The molecule has 0 radical (unpaired) electrons. The standard InChI is InChI=1S/C26H41N5O11/c1-25(2,17-31-19(33)5-6-20(31)34)16-26(3,4)27-18(32)11-28(7-9-29(12-21(35)36)13-22(37)38)8-10-30(14-23(39)40)15-24(41)42/h5-6H,7-17H2,1-4H3,(H,27,32)(H,35,36)(H,37,38)(H,39,40)(H,41,42). The molecule has 1 aliphatic heterocycles. The van der Waals surface area contributed by atoms with Crippen LogP contribution in [-0.2, 0) is 33.6 Å². The summed E-state index contributed by atoms with van der Waals surface area (Å²) >= 11 is 0. The van der Waals surface area contributed by atoms with Crippen LogP contribution in [0, 0.1) is 5.41 Å². The number of nitrogens with one attached hydrogen (secondary N) is 1. The van der Waals surface area contributed by atoms with Crippen molar-refractivity contribution in [2.24, 2.45) is 5.41 Å². The number of amides is 3. The second-order valence-corrected chi connectivity index (χ2v) is 11.6. The molecule has 236 valence electrons. The Balaban J connectivity index is 2.96. The quantitative estimate of drug-likeness (QED) is 0.0944. The van der Waals surface area contributed by atoms with Gasteiger partial charge < -0.3 is 25.7 Å². The Hall–Kier alpha value is -3.89. The van der Waals surface area contributed by atoms with E-state index in [1.165, 1.54) is 12.2 Å². The molecule has 0 unspecified atom stereocenters. The van der Waals surface area contributed by atoms with E-state index in [9.17, 15) is 33.6 Å². The summed E-state index contributed by atoms with van der Waals surface area (Å²) in [7, 11) is 0. The summed E-state index contributed by atoms with van der Waals surface area (Å²) in [5.41, 5.74) is -1.38. The zero-order chi connectivity index (χ0) is 32.3. The van der Waals surface area contributed by atoms with Gasteiger partial charge in [0.1, 0.15) is 0 Å². The molecule has 0 aliphatic carbocycles. The highest BCUT2D eigenvalue weighted by Gasteiger charge is 2.35. The first-order valence-electron chi connectivity index (χ1n) is 13.2. The van der Waals surface area contributed by atoms with Gasteiger partial charge in [-0.15, -0.1) is 0 Å². The van der Waals surface area contributed by atoms with Crippen molar-refractivity contribution in [2.45, 2.75) is 39.7 Å². The monoisotopic (exact) mass is 599 g/mol. The van der Waals surface area contributed by atoms with Gasteiger partial charge in [-0.2, -0.15) is 0 Å². The van der Waals surface area contributed by atoms with E-state index in [1.54, 1.807) is 18.7 Å². The van der Waals surface area contributed by atoms with Crippen molar-refractivity contribution in [2.75, 3.05) is 65.4 Å². The molecule has 0 fully saturated rings. The molecule has 3 amide bonds. The molecular weight excluding hydrogens is 558 g/mol. The number of carbonyl (C=O) groups excluding carboxylic acids is 3. The van der Waals surface area contributed by atoms with Gasteiger partial charge in [-0.25, -0.2) is 0 Å². The Morgan fingerprint density at radius 3 is 1.38 bits per heavy atom. The van der Waals surface area contributed by atoms with E-state index in [4.69, 9.17) is 20.4 Å². The minimum atomic E-state index is -1.24. The SMILES string of the molecule is CC(C)(CN1C(=O)C=CC1=O)CC(C)(C)NC(=O)CN(CCN(CC(=O)O)CC(=O)O)CCN(CC(=O)O)CC(=O)O. The molecule has 0 atom stereocenters. The van der Waals surface area contributed by atoms with Gasteiger partial charge in [-0.05, 0) is 25.7 Å². The largest absolute Gasteiger partial charge is 0.480 e. The van der Waals surface area contributed by atoms with Crippen molar-refractivity contribution in [3.8, 4) is 0 Å². The first-order chi connectivity index (χ1) is 19.3. The van der Waals surface area contributed by atoms with Crippen molar-refractivity contribution < 1.29 is 54.0 Å². The number of nitrogens with zero attached hydrogens (tertiary/aromatic N) is 4. The van der Waals surface area contributed by atoms with Crippen LogP contribution in [0.5, 0.6) is 0 Å². The molecule has 0 saturated heterocycles. The predicted octanol–water partition coefficient (Wildman–Crippen LogP) is -1.53.